The van der Waals surface area contributed by atoms with Gasteiger partial charge in [-0.05, 0) is 29.5 Å². The Kier molecular flexibility index (Phi) is 2.39. The van der Waals surface area contributed by atoms with Crippen LogP contribution >= 0.6 is 0 Å². The number of nitrogens with one attached hydrogen (secondary N) is 2. The Morgan fingerprint density at radius 1 is 1.33 bits per heavy atom. The first kappa shape index (κ1) is 10.0. The quantitative estimate of drug-likeness (QED) is 0.725. The van der Waals surface area contributed by atoms with Crippen molar-refractivity contribution >= 4 is 11.7 Å². The van der Waals surface area contributed by atoms with E-state index in [2.05, 4.69) is 36.6 Å². The van der Waals surface area contributed by atoms with Gasteiger partial charge in [-0.25, -0.2) is 4.79 Å². The molecule has 0 aliphatic carbocycles. The molecule has 0 radical (unpaired) electrons. The Labute approximate surface area is 89.9 Å². The van der Waals surface area contributed by atoms with Gasteiger partial charge in [-0.3, -0.25) is 0 Å². The number of aryl methyl sites for hydroxylation is 1. The molecule has 2 amide bonds. The highest BCUT2D eigenvalue weighted by atomic mass is 16.2. The van der Waals surface area contributed by atoms with E-state index in [1.54, 1.807) is 0 Å². The molecule has 0 atom stereocenters. The molecule has 2 rings (SSSR count). The second-order valence-electron chi connectivity index (χ2n) is 4.33. The third-order valence-corrected chi connectivity index (χ3v) is 2.78. The molecule has 0 aromatic heterocycles. The lowest BCUT2D eigenvalue weighted by molar-refractivity contribution is 0.251. The molecule has 0 unspecified atom stereocenters. The molecular formula is C12H16N2O. The van der Waals surface area contributed by atoms with Gasteiger partial charge in [0.1, 0.15) is 0 Å². The predicted molar refractivity (Wildman–Crippen MR) is 61.1 cm³/mol. The van der Waals surface area contributed by atoms with Crippen LogP contribution in [0.2, 0.25) is 0 Å². The molecule has 1 heterocycles. The number of fused-ring (bicyclic) bond motifs is 1. The zero-order valence-corrected chi connectivity index (χ0v) is 9.35. The maximum absolute atomic E-state index is 11.2. The van der Waals surface area contributed by atoms with Gasteiger partial charge in [0.15, 0.2) is 0 Å². The summed E-state index contributed by atoms with van der Waals surface area (Å²) in [6.45, 7) is 7.02. The second kappa shape index (κ2) is 3.57. The van der Waals surface area contributed by atoms with Crippen LogP contribution < -0.4 is 10.6 Å². The Morgan fingerprint density at radius 2 is 2.07 bits per heavy atom. The summed E-state index contributed by atoms with van der Waals surface area (Å²) in [6.07, 6.45) is 0. The number of amides is 2. The monoisotopic (exact) mass is 204 g/mol. The molecule has 1 aromatic carbocycles. The number of hydrogen-bond acceptors (Lipinski definition) is 1. The molecule has 0 bridgehead atoms. The Bertz CT molecular complexity index is 410. The summed E-state index contributed by atoms with van der Waals surface area (Å²) in [5, 5.41) is 5.63. The summed E-state index contributed by atoms with van der Waals surface area (Å²) in [5.74, 6) is 0.520. The van der Waals surface area contributed by atoms with Crippen molar-refractivity contribution in [2.45, 2.75) is 33.2 Å². The van der Waals surface area contributed by atoms with Crippen molar-refractivity contribution in [2.24, 2.45) is 0 Å². The highest BCUT2D eigenvalue weighted by Gasteiger charge is 2.17. The van der Waals surface area contributed by atoms with Crippen LogP contribution in [0.25, 0.3) is 0 Å². The number of benzene rings is 1. The summed E-state index contributed by atoms with van der Waals surface area (Å²) in [6, 6.07) is 4.21. The average molecular weight is 204 g/mol. The lowest BCUT2D eigenvalue weighted by Crippen LogP contribution is -2.33. The maximum atomic E-state index is 11.2. The highest BCUT2D eigenvalue weighted by molar-refractivity contribution is 5.93. The smallest absolute Gasteiger partial charge is 0.319 e. The predicted octanol–water partition coefficient (Wildman–Crippen LogP) is 2.75. The number of carbonyl (C=O) groups excluding carboxylic acids is 1. The number of rotatable bonds is 1. The molecule has 3 heteroatoms. The first-order chi connectivity index (χ1) is 7.08. The molecule has 0 saturated carbocycles. The number of anilines is 1. The van der Waals surface area contributed by atoms with Crippen LogP contribution in [0.4, 0.5) is 10.5 Å². The van der Waals surface area contributed by atoms with E-state index >= 15 is 0 Å². The van der Waals surface area contributed by atoms with Crippen LogP contribution in [0.1, 0.15) is 36.5 Å². The Hall–Kier alpha value is -1.51. The van der Waals surface area contributed by atoms with Gasteiger partial charge >= 0.3 is 6.03 Å². The molecule has 80 valence electrons. The largest absolute Gasteiger partial charge is 0.334 e. The van der Waals surface area contributed by atoms with Crippen LogP contribution in [-0.4, -0.2) is 6.03 Å². The van der Waals surface area contributed by atoms with Crippen molar-refractivity contribution < 1.29 is 4.79 Å². The van der Waals surface area contributed by atoms with E-state index < -0.39 is 0 Å². The first-order valence-electron chi connectivity index (χ1n) is 5.26. The molecule has 0 fully saturated rings. The van der Waals surface area contributed by atoms with Crippen molar-refractivity contribution in [3.63, 3.8) is 0 Å². The van der Waals surface area contributed by atoms with Gasteiger partial charge < -0.3 is 10.6 Å². The maximum Gasteiger partial charge on any atom is 0.319 e. The normalized spacial score (nSPS) is 14.5. The van der Waals surface area contributed by atoms with E-state index in [0.29, 0.717) is 12.5 Å². The zero-order valence-electron chi connectivity index (χ0n) is 9.35. The second-order valence-corrected chi connectivity index (χ2v) is 4.33. The van der Waals surface area contributed by atoms with E-state index in [0.717, 1.165) is 11.3 Å². The van der Waals surface area contributed by atoms with Gasteiger partial charge in [0.05, 0.1) is 5.69 Å². The summed E-state index contributed by atoms with van der Waals surface area (Å²) in [5.41, 5.74) is 4.62. The van der Waals surface area contributed by atoms with Gasteiger partial charge in [-0.15, -0.1) is 0 Å². The van der Waals surface area contributed by atoms with Crippen molar-refractivity contribution in [1.82, 2.24) is 5.32 Å². The molecule has 0 spiro atoms. The molecule has 2 N–H and O–H groups in total. The van der Waals surface area contributed by atoms with E-state index in [1.165, 1.54) is 11.1 Å². The molecular weight excluding hydrogens is 188 g/mol. The molecule has 1 aliphatic rings. The van der Waals surface area contributed by atoms with Crippen molar-refractivity contribution in [3.05, 3.63) is 28.8 Å². The standard InChI is InChI=1S/C12H16N2O/c1-7(2)9-4-8(3)11-10(5-9)6-13-12(15)14-11/h4-5,7H,6H2,1-3H3,(H2,13,14,15). The van der Waals surface area contributed by atoms with Crippen molar-refractivity contribution in [2.75, 3.05) is 5.32 Å². The lowest BCUT2D eigenvalue weighted by atomic mass is 9.95. The molecule has 1 aromatic rings. The Morgan fingerprint density at radius 3 is 2.73 bits per heavy atom. The minimum Gasteiger partial charge on any atom is -0.334 e. The highest BCUT2D eigenvalue weighted by Crippen LogP contribution is 2.28. The van der Waals surface area contributed by atoms with E-state index in [1.807, 2.05) is 6.92 Å². The topological polar surface area (TPSA) is 41.1 Å². The summed E-state index contributed by atoms with van der Waals surface area (Å²) >= 11 is 0. The van der Waals surface area contributed by atoms with Crippen LogP contribution in [0, 0.1) is 6.92 Å². The van der Waals surface area contributed by atoms with Gasteiger partial charge in [-0.2, -0.15) is 0 Å². The summed E-state index contributed by atoms with van der Waals surface area (Å²) < 4.78 is 0. The van der Waals surface area contributed by atoms with Gasteiger partial charge in [0.25, 0.3) is 0 Å². The van der Waals surface area contributed by atoms with Crippen LogP contribution in [0.15, 0.2) is 12.1 Å². The molecule has 15 heavy (non-hydrogen) atoms. The molecule has 0 saturated heterocycles. The van der Waals surface area contributed by atoms with Crippen molar-refractivity contribution in [1.29, 1.82) is 0 Å². The van der Waals surface area contributed by atoms with E-state index in [-0.39, 0.29) is 6.03 Å². The number of hydrogen-bond donors (Lipinski definition) is 2. The van der Waals surface area contributed by atoms with Gasteiger partial charge in [0.2, 0.25) is 0 Å². The SMILES string of the molecule is Cc1cc(C(C)C)cc2c1NC(=O)NC2. The van der Waals surface area contributed by atoms with Crippen LogP contribution in [0.5, 0.6) is 0 Å². The summed E-state index contributed by atoms with van der Waals surface area (Å²) in [7, 11) is 0. The number of carbonyl (C=O) groups is 1. The van der Waals surface area contributed by atoms with E-state index in [4.69, 9.17) is 0 Å². The summed E-state index contributed by atoms with van der Waals surface area (Å²) in [4.78, 5) is 11.2. The third kappa shape index (κ3) is 1.82. The van der Waals surface area contributed by atoms with E-state index in [9.17, 15) is 4.79 Å². The Balaban J connectivity index is 2.47. The number of urea groups is 1. The van der Waals surface area contributed by atoms with Crippen molar-refractivity contribution in [3.8, 4) is 0 Å². The average Bonchev–Trinajstić information content (AvgIpc) is 2.18. The fourth-order valence-electron chi connectivity index (χ4n) is 1.88. The van der Waals surface area contributed by atoms with Gasteiger partial charge in [0, 0.05) is 6.54 Å². The fraction of sp³-hybridized carbons (Fsp3) is 0.417. The lowest BCUT2D eigenvalue weighted by Gasteiger charge is -2.22. The molecule has 1 aliphatic heterocycles. The van der Waals surface area contributed by atoms with Crippen LogP contribution in [0.3, 0.4) is 0 Å². The molecule has 3 nitrogen and oxygen atoms in total. The third-order valence-electron chi connectivity index (χ3n) is 2.78. The van der Waals surface area contributed by atoms with Gasteiger partial charge in [-0.1, -0.05) is 26.0 Å². The minimum absolute atomic E-state index is 0.108. The minimum atomic E-state index is -0.108. The van der Waals surface area contributed by atoms with Crippen LogP contribution in [-0.2, 0) is 6.54 Å². The fourth-order valence-corrected chi connectivity index (χ4v) is 1.88. The zero-order chi connectivity index (χ0) is 11.0. The first-order valence-corrected chi connectivity index (χ1v) is 5.26.